The summed E-state index contributed by atoms with van der Waals surface area (Å²) in [5.74, 6) is 0.793. The fourth-order valence-electron chi connectivity index (χ4n) is 3.42. The first kappa shape index (κ1) is 22.3. The van der Waals surface area contributed by atoms with E-state index in [9.17, 15) is 18.9 Å². The SMILES string of the molecule is CCNC(=NCc1ccc([N+](=O)[O-])cc1)NC1CCN(c2ccccc2OC(F)F)C1. The Hall–Kier alpha value is -3.43. The molecule has 8 nitrogen and oxygen atoms in total. The monoisotopic (exact) mass is 433 g/mol. The number of nitro benzene ring substituents is 1. The van der Waals surface area contributed by atoms with Crippen LogP contribution in [0.1, 0.15) is 18.9 Å². The number of nitro groups is 1. The molecule has 2 N–H and O–H groups in total. The highest BCUT2D eigenvalue weighted by Crippen LogP contribution is 2.31. The zero-order valence-corrected chi connectivity index (χ0v) is 17.1. The number of nitrogens with zero attached hydrogens (tertiary/aromatic N) is 3. The Morgan fingerprint density at radius 1 is 1.29 bits per heavy atom. The summed E-state index contributed by atoms with van der Waals surface area (Å²) < 4.78 is 30.0. The fourth-order valence-corrected chi connectivity index (χ4v) is 3.42. The van der Waals surface area contributed by atoms with Gasteiger partial charge in [-0.1, -0.05) is 24.3 Å². The van der Waals surface area contributed by atoms with Gasteiger partial charge in [0.05, 0.1) is 17.2 Å². The van der Waals surface area contributed by atoms with E-state index in [4.69, 9.17) is 0 Å². The fraction of sp³-hybridized carbons (Fsp3) is 0.381. The van der Waals surface area contributed by atoms with Crippen LogP contribution in [0.3, 0.4) is 0 Å². The number of anilines is 1. The predicted octanol–water partition coefficient (Wildman–Crippen LogP) is 3.53. The quantitative estimate of drug-likeness (QED) is 0.286. The number of aliphatic imine (C=N–C) groups is 1. The molecule has 0 spiro atoms. The molecular weight excluding hydrogens is 408 g/mol. The van der Waals surface area contributed by atoms with Crippen LogP contribution in [0.5, 0.6) is 5.75 Å². The van der Waals surface area contributed by atoms with Gasteiger partial charge in [-0.2, -0.15) is 8.78 Å². The maximum Gasteiger partial charge on any atom is 0.387 e. The smallest absolute Gasteiger partial charge is 0.387 e. The lowest BCUT2D eigenvalue weighted by Crippen LogP contribution is -2.44. The molecule has 1 fully saturated rings. The van der Waals surface area contributed by atoms with Gasteiger partial charge in [-0.05, 0) is 31.0 Å². The number of benzene rings is 2. The number of hydrogen-bond acceptors (Lipinski definition) is 5. The van der Waals surface area contributed by atoms with E-state index in [0.29, 0.717) is 37.8 Å². The average molecular weight is 433 g/mol. The van der Waals surface area contributed by atoms with Gasteiger partial charge >= 0.3 is 6.61 Å². The van der Waals surface area contributed by atoms with E-state index < -0.39 is 11.5 Å². The normalized spacial score (nSPS) is 16.5. The van der Waals surface area contributed by atoms with Gasteiger partial charge in [-0.3, -0.25) is 10.1 Å². The van der Waals surface area contributed by atoms with Gasteiger partial charge in [0.1, 0.15) is 5.75 Å². The number of para-hydroxylation sites is 2. The van der Waals surface area contributed by atoms with Gasteiger partial charge in [0, 0.05) is 37.8 Å². The van der Waals surface area contributed by atoms with Crippen molar-refractivity contribution in [3.63, 3.8) is 0 Å². The van der Waals surface area contributed by atoms with Crippen molar-refractivity contribution in [1.29, 1.82) is 0 Å². The lowest BCUT2D eigenvalue weighted by Gasteiger charge is -2.22. The Kier molecular flexibility index (Phi) is 7.58. The number of rotatable bonds is 8. The first-order valence-corrected chi connectivity index (χ1v) is 10.0. The van der Waals surface area contributed by atoms with Gasteiger partial charge in [-0.15, -0.1) is 0 Å². The summed E-state index contributed by atoms with van der Waals surface area (Å²) in [6.45, 7) is 1.45. The summed E-state index contributed by atoms with van der Waals surface area (Å²) in [6.07, 6.45) is 0.810. The molecule has 0 saturated carbocycles. The molecule has 0 bridgehead atoms. The van der Waals surface area contributed by atoms with Crippen LogP contribution < -0.4 is 20.3 Å². The van der Waals surface area contributed by atoms with Crippen molar-refractivity contribution in [3.05, 3.63) is 64.2 Å². The van der Waals surface area contributed by atoms with Crippen molar-refractivity contribution in [2.24, 2.45) is 4.99 Å². The molecule has 2 aromatic carbocycles. The zero-order valence-electron chi connectivity index (χ0n) is 17.1. The van der Waals surface area contributed by atoms with E-state index >= 15 is 0 Å². The van der Waals surface area contributed by atoms with Crippen LogP contribution in [0, 0.1) is 10.1 Å². The molecule has 1 saturated heterocycles. The number of ether oxygens (including phenoxy) is 1. The van der Waals surface area contributed by atoms with E-state index in [0.717, 1.165) is 12.0 Å². The molecule has 0 radical (unpaired) electrons. The van der Waals surface area contributed by atoms with Gasteiger partial charge in [0.25, 0.3) is 5.69 Å². The van der Waals surface area contributed by atoms with Crippen molar-refractivity contribution in [2.75, 3.05) is 24.5 Å². The Morgan fingerprint density at radius 3 is 2.71 bits per heavy atom. The Bertz CT molecular complexity index is 908. The molecule has 0 amide bonds. The van der Waals surface area contributed by atoms with Crippen LogP contribution in [0.25, 0.3) is 0 Å². The molecule has 1 aliphatic rings. The van der Waals surface area contributed by atoms with Crippen LogP contribution >= 0.6 is 0 Å². The number of halogens is 2. The molecule has 1 unspecified atom stereocenters. The van der Waals surface area contributed by atoms with Crippen molar-refractivity contribution in [3.8, 4) is 5.75 Å². The van der Waals surface area contributed by atoms with E-state index in [1.54, 1.807) is 30.3 Å². The van der Waals surface area contributed by atoms with Gasteiger partial charge in [0.2, 0.25) is 0 Å². The van der Waals surface area contributed by atoms with Crippen LogP contribution in [0.15, 0.2) is 53.5 Å². The number of nitrogens with one attached hydrogen (secondary N) is 2. The molecule has 0 aliphatic carbocycles. The van der Waals surface area contributed by atoms with Crippen molar-refractivity contribution in [2.45, 2.75) is 32.5 Å². The second-order valence-electron chi connectivity index (χ2n) is 7.04. The summed E-state index contributed by atoms with van der Waals surface area (Å²) >= 11 is 0. The lowest BCUT2D eigenvalue weighted by molar-refractivity contribution is -0.384. The minimum atomic E-state index is -2.87. The highest BCUT2D eigenvalue weighted by molar-refractivity contribution is 5.80. The third kappa shape index (κ3) is 6.27. The van der Waals surface area contributed by atoms with E-state index in [1.165, 1.54) is 18.2 Å². The van der Waals surface area contributed by atoms with Crippen molar-refractivity contribution >= 4 is 17.3 Å². The third-order valence-electron chi connectivity index (χ3n) is 4.86. The largest absolute Gasteiger partial charge is 0.433 e. The maximum atomic E-state index is 12.7. The average Bonchev–Trinajstić information content (AvgIpc) is 3.21. The number of alkyl halides is 2. The first-order valence-electron chi connectivity index (χ1n) is 10.0. The number of guanidine groups is 1. The minimum absolute atomic E-state index is 0.0416. The molecule has 31 heavy (non-hydrogen) atoms. The summed E-state index contributed by atoms with van der Waals surface area (Å²) in [4.78, 5) is 16.9. The highest BCUT2D eigenvalue weighted by atomic mass is 19.3. The minimum Gasteiger partial charge on any atom is -0.433 e. The zero-order chi connectivity index (χ0) is 22.2. The molecule has 1 aliphatic heterocycles. The van der Waals surface area contributed by atoms with Crippen molar-refractivity contribution in [1.82, 2.24) is 10.6 Å². The molecule has 2 aromatic rings. The number of non-ortho nitro benzene ring substituents is 1. The summed E-state index contributed by atoms with van der Waals surface area (Å²) in [6, 6.07) is 13.1. The molecule has 10 heteroatoms. The number of hydrogen-bond donors (Lipinski definition) is 2. The molecule has 3 rings (SSSR count). The van der Waals surface area contributed by atoms with Crippen LogP contribution in [0.2, 0.25) is 0 Å². The van der Waals surface area contributed by atoms with Gasteiger partial charge in [0.15, 0.2) is 5.96 Å². The van der Waals surface area contributed by atoms with Gasteiger partial charge in [-0.25, -0.2) is 4.99 Å². The second-order valence-corrected chi connectivity index (χ2v) is 7.04. The summed E-state index contributed by atoms with van der Waals surface area (Å²) in [7, 11) is 0. The van der Waals surface area contributed by atoms with Crippen molar-refractivity contribution < 1.29 is 18.4 Å². The molecule has 1 atom stereocenters. The van der Waals surface area contributed by atoms with E-state index in [-0.39, 0.29) is 17.5 Å². The summed E-state index contributed by atoms with van der Waals surface area (Å²) in [5.41, 5.74) is 1.54. The topological polar surface area (TPSA) is 92.0 Å². The summed E-state index contributed by atoms with van der Waals surface area (Å²) in [5, 5.41) is 17.3. The van der Waals surface area contributed by atoms with Crippen LogP contribution in [-0.4, -0.2) is 43.2 Å². The van der Waals surface area contributed by atoms with Crippen LogP contribution in [-0.2, 0) is 6.54 Å². The van der Waals surface area contributed by atoms with Gasteiger partial charge < -0.3 is 20.3 Å². The lowest BCUT2D eigenvalue weighted by atomic mass is 10.2. The molecule has 0 aromatic heterocycles. The molecular formula is C21H25F2N5O3. The highest BCUT2D eigenvalue weighted by Gasteiger charge is 2.26. The Labute approximate surface area is 179 Å². The molecule has 1 heterocycles. The standard InChI is InChI=1S/C21H25F2N5O3/c1-2-24-21(25-13-15-7-9-17(10-8-15)28(29)30)26-16-11-12-27(14-16)18-5-3-4-6-19(18)31-20(22)23/h3-10,16,20H,2,11-14H2,1H3,(H2,24,25,26). The van der Waals surface area contributed by atoms with E-state index in [2.05, 4.69) is 20.4 Å². The second kappa shape index (κ2) is 10.6. The van der Waals surface area contributed by atoms with E-state index in [1.807, 2.05) is 11.8 Å². The first-order chi connectivity index (χ1) is 15.0. The molecule has 166 valence electrons. The van der Waals surface area contributed by atoms with Crippen LogP contribution in [0.4, 0.5) is 20.2 Å². The Morgan fingerprint density at radius 2 is 2.03 bits per heavy atom. The predicted molar refractivity (Wildman–Crippen MR) is 115 cm³/mol. The Balaban J connectivity index is 1.62. The third-order valence-corrected chi connectivity index (χ3v) is 4.86. The maximum absolute atomic E-state index is 12.7.